The molecule has 3 N–H and O–H groups in total. The van der Waals surface area contributed by atoms with Gasteiger partial charge in [0, 0.05) is 24.7 Å². The maximum Gasteiger partial charge on any atom is 0.239 e. The summed E-state index contributed by atoms with van der Waals surface area (Å²) in [4.78, 5) is 29.5. The molecule has 0 saturated heterocycles. The van der Waals surface area contributed by atoms with Crippen molar-refractivity contribution < 1.29 is 9.59 Å². The molecule has 0 bridgehead atoms. The Morgan fingerprint density at radius 3 is 2.90 bits per heavy atom. The lowest BCUT2D eigenvalue weighted by Crippen LogP contribution is -2.39. The predicted molar refractivity (Wildman–Crippen MR) is 80.3 cm³/mol. The summed E-state index contributed by atoms with van der Waals surface area (Å²) < 4.78 is 0. The highest BCUT2D eigenvalue weighted by atomic mass is 32.2. The van der Waals surface area contributed by atoms with Gasteiger partial charge in [0.15, 0.2) is 0 Å². The fourth-order valence-electron chi connectivity index (χ4n) is 1.40. The fraction of sp³-hybridized carbons (Fsp3) is 0.462. The van der Waals surface area contributed by atoms with Gasteiger partial charge in [-0.1, -0.05) is 6.92 Å². The molecule has 0 unspecified atom stereocenters. The summed E-state index contributed by atoms with van der Waals surface area (Å²) in [6.07, 6.45) is 4.06. The van der Waals surface area contributed by atoms with E-state index in [4.69, 9.17) is 5.73 Å². The van der Waals surface area contributed by atoms with E-state index in [-0.39, 0.29) is 24.1 Å². The predicted octanol–water partition coefficient (Wildman–Crippen LogP) is 0.740. The lowest BCUT2D eigenvalue weighted by Gasteiger charge is -2.16. The van der Waals surface area contributed by atoms with Gasteiger partial charge < -0.3 is 16.0 Å². The molecule has 0 aliphatic carbocycles. The molecule has 1 rings (SSSR count). The second kappa shape index (κ2) is 8.42. The number of hydrogen-bond acceptors (Lipinski definition) is 5. The number of aromatic nitrogens is 1. The molecule has 0 spiro atoms. The highest BCUT2D eigenvalue weighted by molar-refractivity contribution is 8.00. The van der Waals surface area contributed by atoms with Crippen LogP contribution in [-0.2, 0) is 9.59 Å². The van der Waals surface area contributed by atoms with Crippen LogP contribution >= 0.6 is 11.8 Å². The summed E-state index contributed by atoms with van der Waals surface area (Å²) in [5.41, 5.74) is 6.30. The molecule has 1 heterocycles. The Hall–Kier alpha value is -1.76. The fourth-order valence-corrected chi connectivity index (χ4v) is 2.27. The van der Waals surface area contributed by atoms with E-state index in [1.54, 1.807) is 25.5 Å². The van der Waals surface area contributed by atoms with Crippen molar-refractivity contribution in [2.45, 2.75) is 18.2 Å². The van der Waals surface area contributed by atoms with Gasteiger partial charge in [0.2, 0.25) is 11.8 Å². The molecule has 0 aliphatic rings. The number of nitrogens with zero attached hydrogens (tertiary/aromatic N) is 2. The highest BCUT2D eigenvalue weighted by Crippen LogP contribution is 2.23. The number of rotatable bonds is 7. The molecule has 6 nitrogen and oxygen atoms in total. The number of amides is 2. The third kappa shape index (κ3) is 5.48. The lowest BCUT2D eigenvalue weighted by atomic mass is 10.4. The SMILES string of the molecule is CCCNC(=O)CN(C)C(=O)CSc1ccncc1N. The quantitative estimate of drug-likeness (QED) is 0.725. The van der Waals surface area contributed by atoms with Crippen LogP contribution in [0.5, 0.6) is 0 Å². The minimum atomic E-state index is -0.142. The normalized spacial score (nSPS) is 10.1. The number of carbonyl (C=O) groups excluding carboxylic acids is 2. The Morgan fingerprint density at radius 2 is 2.25 bits per heavy atom. The topological polar surface area (TPSA) is 88.3 Å². The van der Waals surface area contributed by atoms with Crippen LogP contribution in [0.1, 0.15) is 13.3 Å². The largest absolute Gasteiger partial charge is 0.397 e. The van der Waals surface area contributed by atoms with E-state index in [0.717, 1.165) is 11.3 Å². The van der Waals surface area contributed by atoms with Gasteiger partial charge in [0.1, 0.15) is 0 Å². The number of carbonyl (C=O) groups is 2. The first-order valence-electron chi connectivity index (χ1n) is 6.37. The molecule has 0 radical (unpaired) electrons. The van der Waals surface area contributed by atoms with E-state index in [9.17, 15) is 9.59 Å². The van der Waals surface area contributed by atoms with Gasteiger partial charge in [0.25, 0.3) is 0 Å². The van der Waals surface area contributed by atoms with Gasteiger partial charge in [-0.25, -0.2) is 0 Å². The first-order valence-corrected chi connectivity index (χ1v) is 7.36. The molecular weight excluding hydrogens is 276 g/mol. The van der Waals surface area contributed by atoms with Crippen molar-refractivity contribution in [2.75, 3.05) is 31.6 Å². The second-order valence-corrected chi connectivity index (χ2v) is 5.32. The minimum Gasteiger partial charge on any atom is -0.397 e. The summed E-state index contributed by atoms with van der Waals surface area (Å²) in [5.74, 6) is -0.0137. The minimum absolute atomic E-state index is 0.0746. The Bertz CT molecular complexity index is 467. The number of pyridine rings is 1. The van der Waals surface area contributed by atoms with Gasteiger partial charge in [-0.2, -0.15) is 0 Å². The summed E-state index contributed by atoms with van der Waals surface area (Å²) in [7, 11) is 1.62. The lowest BCUT2D eigenvalue weighted by molar-refractivity contribution is -0.132. The van der Waals surface area contributed by atoms with Crippen LogP contribution in [0.3, 0.4) is 0 Å². The summed E-state index contributed by atoms with van der Waals surface area (Å²) in [6.45, 7) is 2.68. The maximum absolute atomic E-state index is 11.9. The van der Waals surface area contributed by atoms with Crippen LogP contribution in [0.4, 0.5) is 5.69 Å². The van der Waals surface area contributed by atoms with Crippen LogP contribution in [0.2, 0.25) is 0 Å². The zero-order valence-corrected chi connectivity index (χ0v) is 12.6. The van der Waals surface area contributed by atoms with Gasteiger partial charge in [0.05, 0.1) is 24.2 Å². The van der Waals surface area contributed by atoms with Crippen molar-refractivity contribution in [3.8, 4) is 0 Å². The van der Waals surface area contributed by atoms with Crippen LogP contribution in [0.25, 0.3) is 0 Å². The van der Waals surface area contributed by atoms with Crippen LogP contribution in [-0.4, -0.2) is 47.6 Å². The molecule has 2 amide bonds. The van der Waals surface area contributed by atoms with E-state index >= 15 is 0 Å². The molecule has 110 valence electrons. The Kier molecular flexibility index (Phi) is 6.86. The Morgan fingerprint density at radius 1 is 1.50 bits per heavy atom. The number of nitrogens with two attached hydrogens (primary N) is 1. The van der Waals surface area contributed by atoms with Crippen LogP contribution in [0.15, 0.2) is 23.4 Å². The smallest absolute Gasteiger partial charge is 0.239 e. The van der Waals surface area contributed by atoms with Crippen molar-refractivity contribution in [1.82, 2.24) is 15.2 Å². The maximum atomic E-state index is 11.9. The van der Waals surface area contributed by atoms with E-state index in [1.807, 2.05) is 6.92 Å². The van der Waals surface area contributed by atoms with Gasteiger partial charge in [-0.15, -0.1) is 11.8 Å². The number of hydrogen-bond donors (Lipinski definition) is 2. The molecule has 0 aromatic carbocycles. The number of nitrogen functional groups attached to an aromatic ring is 1. The molecular formula is C13H20N4O2S. The first kappa shape index (κ1) is 16.3. The average molecular weight is 296 g/mol. The van der Waals surface area contributed by atoms with Gasteiger partial charge in [-0.05, 0) is 12.5 Å². The third-order valence-corrected chi connectivity index (χ3v) is 3.61. The summed E-state index contributed by atoms with van der Waals surface area (Å²) in [5, 5.41) is 2.73. The Balaban J connectivity index is 2.39. The average Bonchev–Trinajstić information content (AvgIpc) is 2.43. The number of anilines is 1. The van der Waals surface area contributed by atoms with E-state index in [0.29, 0.717) is 12.2 Å². The van der Waals surface area contributed by atoms with Crippen molar-refractivity contribution in [3.63, 3.8) is 0 Å². The number of thioether (sulfide) groups is 1. The third-order valence-electron chi connectivity index (χ3n) is 2.54. The Labute approximate surface area is 123 Å². The molecule has 1 aromatic rings. The molecule has 1 aromatic heterocycles. The molecule has 7 heteroatoms. The van der Waals surface area contributed by atoms with Gasteiger partial charge in [-0.3, -0.25) is 14.6 Å². The van der Waals surface area contributed by atoms with E-state index < -0.39 is 0 Å². The molecule has 20 heavy (non-hydrogen) atoms. The van der Waals surface area contributed by atoms with Crippen LogP contribution in [0, 0.1) is 0 Å². The van der Waals surface area contributed by atoms with E-state index in [1.165, 1.54) is 16.7 Å². The summed E-state index contributed by atoms with van der Waals surface area (Å²) >= 11 is 1.34. The van der Waals surface area contributed by atoms with Crippen molar-refractivity contribution in [1.29, 1.82) is 0 Å². The van der Waals surface area contributed by atoms with Crippen molar-refractivity contribution in [2.24, 2.45) is 0 Å². The molecule has 0 fully saturated rings. The zero-order valence-electron chi connectivity index (χ0n) is 11.8. The standard InChI is InChI=1S/C13H20N4O2S/c1-3-5-16-12(18)8-17(2)13(19)9-20-11-4-6-15-7-10(11)14/h4,6-7H,3,5,8-9,14H2,1-2H3,(H,16,18). The molecule has 0 atom stereocenters. The first-order chi connectivity index (χ1) is 9.54. The molecule has 0 saturated carbocycles. The van der Waals surface area contributed by atoms with Crippen molar-refractivity contribution >= 4 is 29.3 Å². The monoisotopic (exact) mass is 296 g/mol. The highest BCUT2D eigenvalue weighted by Gasteiger charge is 2.13. The van der Waals surface area contributed by atoms with Crippen LogP contribution < -0.4 is 11.1 Å². The number of nitrogens with one attached hydrogen (secondary N) is 1. The zero-order chi connectivity index (χ0) is 15.0. The second-order valence-electron chi connectivity index (χ2n) is 4.30. The van der Waals surface area contributed by atoms with E-state index in [2.05, 4.69) is 10.3 Å². The number of likely N-dealkylation sites (N-methyl/N-ethyl adjacent to an activating group) is 1. The summed E-state index contributed by atoms with van der Waals surface area (Å²) in [6, 6.07) is 1.77. The van der Waals surface area contributed by atoms with Crippen molar-refractivity contribution in [3.05, 3.63) is 18.5 Å². The molecule has 0 aliphatic heterocycles. The van der Waals surface area contributed by atoms with Gasteiger partial charge >= 0.3 is 0 Å².